The van der Waals surface area contributed by atoms with Crippen LogP contribution in [-0.4, -0.2) is 30.1 Å². The lowest BCUT2D eigenvalue weighted by Crippen LogP contribution is -2.37. The summed E-state index contributed by atoms with van der Waals surface area (Å²) < 4.78 is 6.90. The predicted molar refractivity (Wildman–Crippen MR) is 104 cm³/mol. The molecule has 1 amide bonds. The molecule has 0 aliphatic carbocycles. The van der Waals surface area contributed by atoms with Gasteiger partial charge in [0.05, 0.1) is 27.7 Å². The molecule has 130 valence electrons. The van der Waals surface area contributed by atoms with Crippen LogP contribution in [0.4, 0.5) is 5.13 Å². The molecule has 3 aromatic rings. The van der Waals surface area contributed by atoms with Crippen LogP contribution in [0, 0.1) is 13.8 Å². The van der Waals surface area contributed by atoms with E-state index in [0.717, 1.165) is 39.7 Å². The SMILES string of the molecule is Cc1ccc2sc(N(CC3CCCO3)C(=O)c3cccs3)nc2c1C. The molecule has 6 heteroatoms. The number of carbonyl (C=O) groups excluding carboxylic acids is 1. The van der Waals surface area contributed by atoms with Gasteiger partial charge in [0.1, 0.15) is 0 Å². The van der Waals surface area contributed by atoms with Crippen LogP contribution in [0.15, 0.2) is 29.6 Å². The van der Waals surface area contributed by atoms with Gasteiger partial charge in [0, 0.05) is 6.61 Å². The fourth-order valence-corrected chi connectivity index (χ4v) is 4.81. The summed E-state index contributed by atoms with van der Waals surface area (Å²) in [5.41, 5.74) is 3.40. The molecule has 1 saturated heterocycles. The Kier molecular flexibility index (Phi) is 4.58. The second-order valence-corrected chi connectivity index (χ2v) is 8.34. The molecule has 0 spiro atoms. The lowest BCUT2D eigenvalue weighted by atomic mass is 10.1. The van der Waals surface area contributed by atoms with E-state index in [9.17, 15) is 4.79 Å². The van der Waals surface area contributed by atoms with Gasteiger partial charge >= 0.3 is 0 Å². The number of aromatic nitrogens is 1. The molecule has 1 unspecified atom stereocenters. The Bertz CT molecular complexity index is 896. The molecular formula is C19H20N2O2S2. The average molecular weight is 373 g/mol. The van der Waals surface area contributed by atoms with Crippen LogP contribution in [0.2, 0.25) is 0 Å². The third-order valence-corrected chi connectivity index (χ3v) is 6.59. The van der Waals surface area contributed by atoms with E-state index in [2.05, 4.69) is 26.0 Å². The minimum atomic E-state index is 0.0129. The molecule has 0 N–H and O–H groups in total. The maximum atomic E-state index is 13.1. The molecule has 1 atom stereocenters. The fraction of sp³-hybridized carbons (Fsp3) is 0.368. The maximum absolute atomic E-state index is 13.1. The highest BCUT2D eigenvalue weighted by Gasteiger charge is 2.27. The minimum Gasteiger partial charge on any atom is -0.376 e. The second-order valence-electron chi connectivity index (χ2n) is 6.38. The zero-order chi connectivity index (χ0) is 17.4. The van der Waals surface area contributed by atoms with E-state index >= 15 is 0 Å². The fourth-order valence-electron chi connectivity index (χ4n) is 3.10. The van der Waals surface area contributed by atoms with Crippen molar-refractivity contribution in [3.05, 3.63) is 45.6 Å². The number of aryl methyl sites for hydroxylation is 2. The Hall–Kier alpha value is -1.76. The maximum Gasteiger partial charge on any atom is 0.270 e. The summed E-state index contributed by atoms with van der Waals surface area (Å²) in [4.78, 5) is 20.4. The molecule has 1 aliphatic rings. The smallest absolute Gasteiger partial charge is 0.270 e. The van der Waals surface area contributed by atoms with Crippen LogP contribution in [0.25, 0.3) is 10.2 Å². The van der Waals surface area contributed by atoms with Crippen molar-refractivity contribution in [3.8, 4) is 0 Å². The van der Waals surface area contributed by atoms with E-state index < -0.39 is 0 Å². The monoisotopic (exact) mass is 372 g/mol. The Morgan fingerprint density at radius 2 is 2.24 bits per heavy atom. The van der Waals surface area contributed by atoms with Crippen molar-refractivity contribution in [2.75, 3.05) is 18.1 Å². The summed E-state index contributed by atoms with van der Waals surface area (Å²) in [5.74, 6) is 0.0129. The molecule has 4 rings (SSSR count). The first-order valence-electron chi connectivity index (χ1n) is 8.47. The predicted octanol–water partition coefficient (Wildman–Crippen LogP) is 4.80. The highest BCUT2D eigenvalue weighted by Crippen LogP contribution is 2.33. The van der Waals surface area contributed by atoms with E-state index in [-0.39, 0.29) is 12.0 Å². The van der Waals surface area contributed by atoms with Gasteiger partial charge in [-0.05, 0) is 55.3 Å². The molecule has 2 aromatic heterocycles. The van der Waals surface area contributed by atoms with Crippen LogP contribution >= 0.6 is 22.7 Å². The summed E-state index contributed by atoms with van der Waals surface area (Å²) in [6, 6.07) is 8.00. The number of thiophene rings is 1. The topological polar surface area (TPSA) is 42.4 Å². The van der Waals surface area contributed by atoms with Crippen molar-refractivity contribution < 1.29 is 9.53 Å². The molecule has 1 aliphatic heterocycles. The van der Waals surface area contributed by atoms with Crippen LogP contribution in [-0.2, 0) is 4.74 Å². The van der Waals surface area contributed by atoms with Crippen molar-refractivity contribution in [1.82, 2.24) is 4.98 Å². The van der Waals surface area contributed by atoms with E-state index in [1.165, 1.54) is 22.5 Å². The number of amides is 1. The minimum absolute atomic E-state index is 0.0129. The van der Waals surface area contributed by atoms with Gasteiger partial charge in [-0.2, -0.15) is 0 Å². The van der Waals surface area contributed by atoms with Gasteiger partial charge in [-0.1, -0.05) is 23.5 Å². The largest absolute Gasteiger partial charge is 0.376 e. The molecule has 0 bridgehead atoms. The lowest BCUT2D eigenvalue weighted by molar-refractivity contribution is 0.0920. The van der Waals surface area contributed by atoms with E-state index in [1.807, 2.05) is 17.5 Å². The number of thiazole rings is 1. The zero-order valence-electron chi connectivity index (χ0n) is 14.3. The van der Waals surface area contributed by atoms with Crippen molar-refractivity contribution >= 4 is 43.9 Å². The molecule has 0 saturated carbocycles. The number of fused-ring (bicyclic) bond motifs is 1. The first kappa shape index (κ1) is 16.7. The summed E-state index contributed by atoms with van der Waals surface area (Å²) in [6.45, 7) is 5.53. The Morgan fingerprint density at radius 1 is 1.36 bits per heavy atom. The first-order chi connectivity index (χ1) is 12.1. The molecule has 3 heterocycles. The highest BCUT2D eigenvalue weighted by atomic mass is 32.1. The zero-order valence-corrected chi connectivity index (χ0v) is 16.0. The van der Waals surface area contributed by atoms with Crippen molar-refractivity contribution in [3.63, 3.8) is 0 Å². The molecule has 1 fully saturated rings. The Balaban J connectivity index is 1.74. The number of benzene rings is 1. The molecule has 0 radical (unpaired) electrons. The van der Waals surface area contributed by atoms with E-state index in [1.54, 1.807) is 16.2 Å². The third-order valence-electron chi connectivity index (χ3n) is 4.69. The van der Waals surface area contributed by atoms with E-state index in [0.29, 0.717) is 6.54 Å². The summed E-state index contributed by atoms with van der Waals surface area (Å²) in [7, 11) is 0. The summed E-state index contributed by atoms with van der Waals surface area (Å²) in [5, 5.41) is 2.70. The van der Waals surface area contributed by atoms with Crippen molar-refractivity contribution in [2.45, 2.75) is 32.8 Å². The Morgan fingerprint density at radius 3 is 2.96 bits per heavy atom. The lowest BCUT2D eigenvalue weighted by Gasteiger charge is -2.22. The number of ether oxygens (including phenoxy) is 1. The molecular weight excluding hydrogens is 352 g/mol. The normalized spacial score (nSPS) is 17.3. The van der Waals surface area contributed by atoms with Gasteiger partial charge in [-0.15, -0.1) is 11.3 Å². The number of hydrogen-bond donors (Lipinski definition) is 0. The van der Waals surface area contributed by atoms with Gasteiger partial charge < -0.3 is 4.74 Å². The number of hydrogen-bond acceptors (Lipinski definition) is 5. The first-order valence-corrected chi connectivity index (χ1v) is 10.2. The second kappa shape index (κ2) is 6.86. The van der Waals surface area contributed by atoms with Crippen LogP contribution < -0.4 is 4.90 Å². The average Bonchev–Trinajstić information content (AvgIpc) is 3.36. The molecule has 4 nitrogen and oxygen atoms in total. The van der Waals surface area contributed by atoms with Gasteiger partial charge in [0.2, 0.25) is 0 Å². The van der Waals surface area contributed by atoms with Crippen molar-refractivity contribution in [1.29, 1.82) is 0 Å². The number of nitrogens with zero attached hydrogens (tertiary/aromatic N) is 2. The van der Waals surface area contributed by atoms with Crippen LogP contribution in [0.5, 0.6) is 0 Å². The third kappa shape index (κ3) is 3.21. The Labute approximate surface area is 155 Å². The molecule has 25 heavy (non-hydrogen) atoms. The number of carbonyl (C=O) groups is 1. The van der Waals surface area contributed by atoms with Gasteiger partial charge in [-0.25, -0.2) is 4.98 Å². The number of anilines is 1. The standard InChI is InChI=1S/C19H20N2O2S2/c1-12-7-8-15-17(13(12)2)20-19(25-15)21(11-14-5-3-9-23-14)18(22)16-6-4-10-24-16/h4,6-8,10,14H,3,5,9,11H2,1-2H3. The highest BCUT2D eigenvalue weighted by molar-refractivity contribution is 7.22. The van der Waals surface area contributed by atoms with Gasteiger partial charge in [0.15, 0.2) is 5.13 Å². The quantitative estimate of drug-likeness (QED) is 0.661. The van der Waals surface area contributed by atoms with E-state index in [4.69, 9.17) is 9.72 Å². The van der Waals surface area contributed by atoms with Crippen LogP contribution in [0.1, 0.15) is 33.6 Å². The van der Waals surface area contributed by atoms with Crippen molar-refractivity contribution in [2.24, 2.45) is 0 Å². The summed E-state index contributed by atoms with van der Waals surface area (Å²) in [6.07, 6.45) is 2.15. The van der Waals surface area contributed by atoms with Gasteiger partial charge in [-0.3, -0.25) is 9.69 Å². The summed E-state index contributed by atoms with van der Waals surface area (Å²) >= 11 is 3.05. The van der Waals surface area contributed by atoms with Gasteiger partial charge in [0.25, 0.3) is 5.91 Å². The molecule has 1 aromatic carbocycles. The van der Waals surface area contributed by atoms with Crippen LogP contribution in [0.3, 0.4) is 0 Å². The number of rotatable bonds is 4.